The molecule has 0 aliphatic carbocycles. The quantitative estimate of drug-likeness (QED) is 0.841. The van der Waals surface area contributed by atoms with Crippen molar-refractivity contribution in [1.82, 2.24) is 20.7 Å². The number of hydrogen-bond acceptors (Lipinski definition) is 5. The van der Waals surface area contributed by atoms with Crippen molar-refractivity contribution in [3.05, 3.63) is 29.8 Å². The summed E-state index contributed by atoms with van der Waals surface area (Å²) in [6, 6.07) is 9.56. The van der Waals surface area contributed by atoms with Gasteiger partial charge in [0.25, 0.3) is 0 Å². The highest BCUT2D eigenvalue weighted by Gasteiger charge is 2.55. The minimum atomic E-state index is -0.0919. The van der Waals surface area contributed by atoms with Crippen molar-refractivity contribution in [2.45, 2.75) is 56.3 Å². The van der Waals surface area contributed by atoms with Crippen LogP contribution in [0.3, 0.4) is 0 Å². The zero-order valence-electron chi connectivity index (χ0n) is 16.2. The number of amides is 1. The molecule has 2 unspecified atom stereocenters. The number of fused-ring (bicyclic) bond motifs is 2. The maximum atomic E-state index is 13.4. The van der Waals surface area contributed by atoms with Gasteiger partial charge in [-0.3, -0.25) is 15.1 Å². The van der Waals surface area contributed by atoms with E-state index < -0.39 is 0 Å². The Morgan fingerprint density at radius 2 is 1.85 bits per heavy atom. The van der Waals surface area contributed by atoms with E-state index in [2.05, 4.69) is 51.8 Å². The number of piperidine rings is 3. The van der Waals surface area contributed by atoms with Crippen LogP contribution in [0, 0.1) is 5.92 Å². The van der Waals surface area contributed by atoms with Crippen LogP contribution in [0.25, 0.3) is 0 Å². The topological polar surface area (TPSA) is 56.8 Å². The van der Waals surface area contributed by atoms with Gasteiger partial charge in [0.1, 0.15) is 11.8 Å². The van der Waals surface area contributed by atoms with Crippen LogP contribution in [0.15, 0.2) is 24.3 Å². The number of rotatable bonds is 3. The molecule has 5 fully saturated rings. The van der Waals surface area contributed by atoms with Crippen LogP contribution < -0.4 is 15.6 Å². The summed E-state index contributed by atoms with van der Waals surface area (Å²) >= 11 is 0. The number of carbonyl (C=O) groups is 1. The predicted molar refractivity (Wildman–Crippen MR) is 103 cm³/mol. The van der Waals surface area contributed by atoms with Gasteiger partial charge in [-0.15, -0.1) is 0 Å². The van der Waals surface area contributed by atoms with Gasteiger partial charge in [-0.2, -0.15) is 0 Å². The lowest BCUT2D eigenvalue weighted by Crippen LogP contribution is -2.62. The van der Waals surface area contributed by atoms with Crippen molar-refractivity contribution in [1.29, 1.82) is 0 Å². The fourth-order valence-electron chi connectivity index (χ4n) is 5.89. The molecule has 1 aromatic carbocycles. The Labute approximate surface area is 161 Å². The molecular formula is C21H30N4O2. The van der Waals surface area contributed by atoms with Crippen molar-refractivity contribution in [3.63, 3.8) is 0 Å². The molecule has 0 saturated carbocycles. The summed E-state index contributed by atoms with van der Waals surface area (Å²) in [5.74, 6) is 2.22. The Morgan fingerprint density at radius 1 is 1.11 bits per heavy atom. The van der Waals surface area contributed by atoms with Crippen molar-refractivity contribution in [2.75, 3.05) is 26.7 Å². The fraction of sp³-hybridized carbons (Fsp3) is 0.667. The Balaban J connectivity index is 1.45. The number of benzene rings is 1. The molecular weight excluding hydrogens is 340 g/mol. The second-order valence-corrected chi connectivity index (χ2v) is 8.70. The van der Waals surface area contributed by atoms with Gasteiger partial charge in [0.2, 0.25) is 5.91 Å². The van der Waals surface area contributed by atoms with Gasteiger partial charge in [-0.05, 0) is 62.9 Å². The van der Waals surface area contributed by atoms with Gasteiger partial charge in [0.05, 0.1) is 13.2 Å². The van der Waals surface area contributed by atoms with E-state index in [1.165, 1.54) is 31.5 Å². The molecule has 5 saturated heterocycles. The summed E-state index contributed by atoms with van der Waals surface area (Å²) in [5, 5.41) is 0. The van der Waals surface area contributed by atoms with Crippen LogP contribution in [0.1, 0.15) is 37.7 Å². The lowest BCUT2D eigenvalue weighted by Gasteiger charge is -2.51. The van der Waals surface area contributed by atoms with Crippen LogP contribution in [0.5, 0.6) is 5.75 Å². The molecule has 5 aliphatic heterocycles. The number of nitrogens with zero attached hydrogens (tertiary/aromatic N) is 2. The first-order valence-electron chi connectivity index (χ1n) is 10.3. The molecule has 27 heavy (non-hydrogen) atoms. The number of carbonyl (C=O) groups excluding carboxylic acids is 1. The zero-order valence-corrected chi connectivity index (χ0v) is 16.2. The van der Waals surface area contributed by atoms with E-state index in [9.17, 15) is 4.79 Å². The minimum Gasteiger partial charge on any atom is -0.497 e. The normalized spacial score (nSPS) is 40.2. The molecule has 146 valence electrons. The van der Waals surface area contributed by atoms with E-state index in [-0.39, 0.29) is 11.9 Å². The fourth-order valence-corrected chi connectivity index (χ4v) is 5.89. The minimum absolute atomic E-state index is 0.0919. The molecule has 0 spiro atoms. The van der Waals surface area contributed by atoms with Crippen LogP contribution >= 0.6 is 0 Å². The smallest absolute Gasteiger partial charge is 0.241 e. The summed E-state index contributed by atoms with van der Waals surface area (Å²) in [4.78, 5) is 18.3. The Hall–Kier alpha value is -1.63. The Kier molecular flexibility index (Phi) is 4.37. The number of ether oxygens (including phenoxy) is 1. The molecule has 6 nitrogen and oxygen atoms in total. The first-order chi connectivity index (χ1) is 13.2. The van der Waals surface area contributed by atoms with Crippen LogP contribution in [-0.4, -0.2) is 66.6 Å². The first-order valence-corrected chi connectivity index (χ1v) is 10.3. The van der Waals surface area contributed by atoms with Crippen LogP contribution in [-0.2, 0) is 4.79 Å². The average molecular weight is 370 g/mol. The van der Waals surface area contributed by atoms with Gasteiger partial charge >= 0.3 is 0 Å². The van der Waals surface area contributed by atoms with E-state index in [0.717, 1.165) is 18.7 Å². The van der Waals surface area contributed by atoms with E-state index in [0.29, 0.717) is 30.0 Å². The molecule has 6 rings (SSSR count). The van der Waals surface area contributed by atoms with Crippen LogP contribution in [0.4, 0.5) is 0 Å². The molecule has 0 radical (unpaired) electrons. The lowest BCUT2D eigenvalue weighted by atomic mass is 9.75. The van der Waals surface area contributed by atoms with Gasteiger partial charge in [-0.25, -0.2) is 5.43 Å². The first kappa shape index (κ1) is 17.5. The van der Waals surface area contributed by atoms with E-state index in [4.69, 9.17) is 4.74 Å². The Bertz CT molecular complexity index is 701. The van der Waals surface area contributed by atoms with Crippen molar-refractivity contribution >= 4 is 5.91 Å². The maximum absolute atomic E-state index is 13.4. The van der Waals surface area contributed by atoms with Crippen molar-refractivity contribution < 1.29 is 9.53 Å². The third-order valence-corrected chi connectivity index (χ3v) is 7.21. The number of nitrogens with one attached hydrogen (secondary N) is 2. The van der Waals surface area contributed by atoms with Gasteiger partial charge in [0.15, 0.2) is 0 Å². The largest absolute Gasteiger partial charge is 0.497 e. The molecule has 1 amide bonds. The molecule has 1 aromatic rings. The number of methoxy groups -OCH3 is 1. The van der Waals surface area contributed by atoms with E-state index in [1.54, 1.807) is 7.11 Å². The summed E-state index contributed by atoms with van der Waals surface area (Å²) in [6.45, 7) is 5.32. The highest BCUT2D eigenvalue weighted by atomic mass is 16.5. The van der Waals surface area contributed by atoms with Gasteiger partial charge < -0.3 is 9.64 Å². The summed E-state index contributed by atoms with van der Waals surface area (Å²) in [7, 11) is 1.70. The van der Waals surface area contributed by atoms with Crippen molar-refractivity contribution in [3.8, 4) is 5.75 Å². The Morgan fingerprint density at radius 3 is 2.48 bits per heavy atom. The van der Waals surface area contributed by atoms with Gasteiger partial charge in [0, 0.05) is 24.5 Å². The van der Waals surface area contributed by atoms with Gasteiger partial charge in [-0.1, -0.05) is 12.1 Å². The number of hydrazine groups is 1. The maximum Gasteiger partial charge on any atom is 0.241 e. The lowest BCUT2D eigenvalue weighted by molar-refractivity contribution is -0.138. The molecule has 2 bridgehead atoms. The molecule has 0 aromatic heterocycles. The molecule has 5 aliphatic rings. The van der Waals surface area contributed by atoms with Crippen LogP contribution in [0.2, 0.25) is 0 Å². The molecule has 5 heterocycles. The van der Waals surface area contributed by atoms with E-state index in [1.807, 2.05) is 0 Å². The molecule has 5 atom stereocenters. The molecule has 6 heteroatoms. The highest BCUT2D eigenvalue weighted by Crippen LogP contribution is 2.47. The number of likely N-dealkylation sites (tertiary alicyclic amines) is 1. The summed E-state index contributed by atoms with van der Waals surface area (Å²) < 4.78 is 5.33. The second kappa shape index (κ2) is 6.76. The number of hydrogen-bond donors (Lipinski definition) is 2. The third-order valence-electron chi connectivity index (χ3n) is 7.21. The monoisotopic (exact) mass is 370 g/mol. The predicted octanol–water partition coefficient (Wildman–Crippen LogP) is 1.34. The van der Waals surface area contributed by atoms with Crippen molar-refractivity contribution in [2.24, 2.45) is 5.92 Å². The summed E-state index contributed by atoms with van der Waals surface area (Å²) in [6.07, 6.45) is 3.33. The second-order valence-electron chi connectivity index (χ2n) is 8.70. The summed E-state index contributed by atoms with van der Waals surface area (Å²) in [5.41, 5.74) is 7.77. The third kappa shape index (κ3) is 2.85. The van der Waals surface area contributed by atoms with E-state index >= 15 is 0 Å². The average Bonchev–Trinajstić information content (AvgIpc) is 3.34. The SMILES string of the molecule is COc1ccc([C@H]2CN(C(=O)C3CC(C)NN3)[C@H]3C4CCN(CC4)[C@@H]23)cc1. The highest BCUT2D eigenvalue weighted by molar-refractivity contribution is 5.83. The molecule has 2 N–H and O–H groups in total. The zero-order chi connectivity index (χ0) is 18.5. The standard InChI is InChI=1S/C21H30N4O2/c1-13-11-18(23-22-13)21(26)25-12-17(14-3-5-16(27-2)6-4-14)20-19(25)15-7-9-24(20)10-8-15/h3-6,13,15,17-20,22-23H,7-12H2,1-2H3/t13?,17-,18?,19+,20+/m1/s1.